The van der Waals surface area contributed by atoms with Crippen molar-refractivity contribution >= 4 is 29.2 Å². The molecule has 4 nitrogen and oxygen atoms in total. The molecule has 2 aliphatic rings. The summed E-state index contributed by atoms with van der Waals surface area (Å²) in [6.07, 6.45) is 5.17. The molecule has 1 aliphatic heterocycles. The minimum atomic E-state index is 0.176. The lowest BCUT2D eigenvalue weighted by atomic mass is 9.78. The highest BCUT2D eigenvalue weighted by Crippen LogP contribution is 2.42. The topological polar surface area (TPSA) is 41.0 Å². The second-order valence-electron chi connectivity index (χ2n) is 10.2. The fourth-order valence-electron chi connectivity index (χ4n) is 5.12. The molecule has 2 atom stereocenters. The molecule has 2 aromatic carbocycles. The summed E-state index contributed by atoms with van der Waals surface area (Å²) in [4.78, 5) is 12.3. The molecule has 33 heavy (non-hydrogen) atoms. The third-order valence-electron chi connectivity index (χ3n) is 6.93. The Hall–Kier alpha value is -2.14. The molecule has 1 fully saturated rings. The Bertz CT molecular complexity index is 1170. The number of halogens is 2. The Morgan fingerprint density at radius 1 is 1.06 bits per heavy atom. The minimum absolute atomic E-state index is 0.176. The predicted octanol–water partition coefficient (Wildman–Crippen LogP) is 6.81. The smallest absolute Gasteiger partial charge is 0.223 e. The zero-order valence-electron chi connectivity index (χ0n) is 19.4. The van der Waals surface area contributed by atoms with Crippen LogP contribution < -0.4 is 5.32 Å². The van der Waals surface area contributed by atoms with Crippen molar-refractivity contribution in [1.29, 1.82) is 0 Å². The van der Waals surface area contributed by atoms with E-state index in [2.05, 4.69) is 61.3 Å². The molecule has 2 heterocycles. The van der Waals surface area contributed by atoms with E-state index in [0.29, 0.717) is 16.1 Å². The first-order valence-corrected chi connectivity index (χ1v) is 12.5. The molecule has 0 spiro atoms. The molecule has 1 N–H and O–H groups in total. The molecule has 5 rings (SSSR count). The average molecular weight is 481 g/mol. The van der Waals surface area contributed by atoms with Gasteiger partial charge in [-0.25, -0.2) is 9.97 Å². The highest BCUT2D eigenvalue weighted by Gasteiger charge is 2.30. The van der Waals surface area contributed by atoms with Gasteiger partial charge in [-0.05, 0) is 75.4 Å². The number of likely N-dealkylation sites (tertiary alicyclic amines) is 1. The maximum Gasteiger partial charge on any atom is 0.223 e. The lowest BCUT2D eigenvalue weighted by Gasteiger charge is -2.41. The highest BCUT2D eigenvalue weighted by molar-refractivity contribution is 6.42. The molecule has 0 saturated carbocycles. The molecule has 1 aromatic heterocycles. The lowest BCUT2D eigenvalue weighted by Crippen LogP contribution is -2.50. The predicted molar refractivity (Wildman–Crippen MR) is 137 cm³/mol. The summed E-state index contributed by atoms with van der Waals surface area (Å²) >= 11 is 12.5. The van der Waals surface area contributed by atoms with Gasteiger partial charge in [-0.1, -0.05) is 53.5 Å². The van der Waals surface area contributed by atoms with Crippen molar-refractivity contribution in [3.63, 3.8) is 0 Å². The van der Waals surface area contributed by atoms with Gasteiger partial charge in [-0.3, -0.25) is 4.90 Å². The summed E-state index contributed by atoms with van der Waals surface area (Å²) in [7, 11) is 0. The van der Waals surface area contributed by atoms with E-state index >= 15 is 0 Å². The van der Waals surface area contributed by atoms with Gasteiger partial charge in [0.05, 0.1) is 15.7 Å². The first-order chi connectivity index (χ1) is 15.8. The molecular formula is C27H30Cl2N4. The molecule has 172 valence electrons. The molecule has 0 amide bonds. The number of aromatic nitrogens is 2. The lowest BCUT2D eigenvalue weighted by molar-refractivity contribution is 0.104. The Morgan fingerprint density at radius 3 is 2.67 bits per heavy atom. The van der Waals surface area contributed by atoms with E-state index in [1.54, 1.807) is 0 Å². The van der Waals surface area contributed by atoms with Crippen molar-refractivity contribution in [1.82, 2.24) is 14.9 Å². The number of hydrogen-bond donors (Lipinski definition) is 1. The van der Waals surface area contributed by atoms with Gasteiger partial charge >= 0.3 is 0 Å². The molecule has 0 radical (unpaired) electrons. The van der Waals surface area contributed by atoms with Crippen LogP contribution in [0.2, 0.25) is 10.0 Å². The van der Waals surface area contributed by atoms with Gasteiger partial charge in [0.1, 0.15) is 0 Å². The first-order valence-electron chi connectivity index (χ1n) is 11.7. The van der Waals surface area contributed by atoms with Crippen LogP contribution in [0.15, 0.2) is 48.7 Å². The fraction of sp³-hybridized carbons (Fsp3) is 0.407. The van der Waals surface area contributed by atoms with Gasteiger partial charge in [0.25, 0.3) is 0 Å². The van der Waals surface area contributed by atoms with Gasteiger partial charge in [0, 0.05) is 35.8 Å². The van der Waals surface area contributed by atoms with Crippen molar-refractivity contribution in [3.8, 4) is 11.3 Å². The molecule has 1 saturated heterocycles. The van der Waals surface area contributed by atoms with Crippen LogP contribution in [0, 0.1) is 0 Å². The van der Waals surface area contributed by atoms with Gasteiger partial charge in [0.2, 0.25) is 5.95 Å². The Morgan fingerprint density at radius 2 is 1.88 bits per heavy atom. The summed E-state index contributed by atoms with van der Waals surface area (Å²) in [5.41, 5.74) is 5.97. The van der Waals surface area contributed by atoms with E-state index in [9.17, 15) is 0 Å². The second-order valence-corrected chi connectivity index (χ2v) is 11.0. The van der Waals surface area contributed by atoms with Crippen molar-refractivity contribution in [3.05, 3.63) is 75.4 Å². The Balaban J connectivity index is 1.44. The Labute approximate surface area is 206 Å². The average Bonchev–Trinajstić information content (AvgIpc) is 2.80. The van der Waals surface area contributed by atoms with E-state index in [1.165, 1.54) is 17.5 Å². The van der Waals surface area contributed by atoms with Crippen molar-refractivity contribution in [2.45, 2.75) is 57.5 Å². The van der Waals surface area contributed by atoms with Crippen LogP contribution >= 0.6 is 23.2 Å². The van der Waals surface area contributed by atoms with Crippen LogP contribution in [0.4, 0.5) is 5.95 Å². The number of nitrogens with one attached hydrogen (secondary N) is 1. The molecule has 3 aromatic rings. The highest BCUT2D eigenvalue weighted by atomic mass is 35.5. The number of rotatable bonds is 3. The summed E-state index contributed by atoms with van der Waals surface area (Å²) in [5.74, 6) is 0.918. The van der Waals surface area contributed by atoms with Crippen molar-refractivity contribution in [2.24, 2.45) is 0 Å². The molecular weight excluding hydrogens is 451 g/mol. The zero-order chi connectivity index (χ0) is 23.2. The van der Waals surface area contributed by atoms with Gasteiger partial charge in [-0.15, -0.1) is 0 Å². The molecule has 0 bridgehead atoms. The van der Waals surface area contributed by atoms with Crippen LogP contribution in [0.1, 0.15) is 56.2 Å². The van der Waals surface area contributed by atoms with Crippen LogP contribution in [0.5, 0.6) is 0 Å². The third kappa shape index (κ3) is 4.62. The molecule has 6 heteroatoms. The largest absolute Gasteiger partial charge is 0.350 e. The normalized spacial score (nSPS) is 20.8. The second kappa shape index (κ2) is 8.90. The van der Waals surface area contributed by atoms with Crippen LogP contribution in [0.25, 0.3) is 11.3 Å². The SMILES string of the molecule is CC(C)(C)N1CCC[C@@H](Nc2ncc3c(n2)-c2ccccc2[C@H](c2ccc(Cl)c(Cl)c2)C3)C1. The maximum absolute atomic E-state index is 6.34. The zero-order valence-corrected chi connectivity index (χ0v) is 20.9. The maximum atomic E-state index is 6.34. The summed E-state index contributed by atoms with van der Waals surface area (Å²) in [5, 5.41) is 4.79. The van der Waals surface area contributed by atoms with Gasteiger partial charge in [0.15, 0.2) is 0 Å². The fourth-order valence-corrected chi connectivity index (χ4v) is 5.43. The van der Waals surface area contributed by atoms with Crippen LogP contribution in [-0.4, -0.2) is 39.5 Å². The number of benzene rings is 2. The van der Waals surface area contributed by atoms with E-state index < -0.39 is 0 Å². The molecule has 0 unspecified atom stereocenters. The number of nitrogens with zero attached hydrogens (tertiary/aromatic N) is 3. The van der Waals surface area contributed by atoms with Crippen LogP contribution in [0.3, 0.4) is 0 Å². The summed E-state index contributed by atoms with van der Waals surface area (Å²) < 4.78 is 0. The number of fused-ring (bicyclic) bond motifs is 3. The number of hydrogen-bond acceptors (Lipinski definition) is 4. The summed E-state index contributed by atoms with van der Waals surface area (Å²) in [6.45, 7) is 9.01. The molecule has 1 aliphatic carbocycles. The van der Waals surface area contributed by atoms with Crippen molar-refractivity contribution in [2.75, 3.05) is 18.4 Å². The van der Waals surface area contributed by atoms with E-state index in [1.807, 2.05) is 18.3 Å². The van der Waals surface area contributed by atoms with E-state index in [-0.39, 0.29) is 11.5 Å². The minimum Gasteiger partial charge on any atom is -0.350 e. The van der Waals surface area contributed by atoms with E-state index in [0.717, 1.165) is 48.7 Å². The monoisotopic (exact) mass is 480 g/mol. The Kier molecular flexibility index (Phi) is 6.11. The summed E-state index contributed by atoms with van der Waals surface area (Å²) in [6, 6.07) is 14.8. The van der Waals surface area contributed by atoms with Gasteiger partial charge in [-0.2, -0.15) is 0 Å². The first kappa shape index (κ1) is 22.6. The van der Waals surface area contributed by atoms with E-state index in [4.69, 9.17) is 33.2 Å². The number of piperidine rings is 1. The third-order valence-corrected chi connectivity index (χ3v) is 7.67. The van der Waals surface area contributed by atoms with Gasteiger partial charge < -0.3 is 5.32 Å². The number of anilines is 1. The van der Waals surface area contributed by atoms with Crippen molar-refractivity contribution < 1.29 is 0 Å². The van der Waals surface area contributed by atoms with Crippen LogP contribution in [-0.2, 0) is 6.42 Å². The standard InChI is InChI=1S/C27H30Cl2N4/c1-27(2,3)33-12-6-7-19(16-33)31-26-30-15-18-13-22(17-10-11-23(28)24(29)14-17)20-8-4-5-9-21(20)25(18)32-26/h4-5,8-11,14-15,19,22H,6-7,12-13,16H2,1-3H3,(H,30,31,32)/t19-,22+/m1/s1. The quantitative estimate of drug-likeness (QED) is 0.446.